The molecule has 1 aromatic rings. The molecule has 102 valence electrons. The van der Waals surface area contributed by atoms with Crippen LogP contribution in [0.2, 0.25) is 0 Å². The smallest absolute Gasteiger partial charge is 0.271 e. The summed E-state index contributed by atoms with van der Waals surface area (Å²) in [5.41, 5.74) is 0.790. The van der Waals surface area contributed by atoms with E-state index in [1.807, 2.05) is 0 Å². The zero-order valence-electron chi connectivity index (χ0n) is 10.1. The number of carbonyl (C=O) groups is 1. The zero-order chi connectivity index (χ0) is 14.0. The van der Waals surface area contributed by atoms with Crippen LogP contribution < -0.4 is 4.90 Å². The van der Waals surface area contributed by atoms with Crippen molar-refractivity contribution < 1.29 is 14.8 Å². The fourth-order valence-corrected chi connectivity index (χ4v) is 2.38. The van der Waals surface area contributed by atoms with Crippen molar-refractivity contribution in [2.45, 2.75) is 13.0 Å². The number of halogens is 1. The average Bonchev–Trinajstić information content (AvgIpc) is 2.79. The number of non-ortho nitro benzene ring substituents is 1. The van der Waals surface area contributed by atoms with Crippen LogP contribution in [-0.2, 0) is 11.4 Å². The number of alkyl halides is 1. The monoisotopic (exact) mass is 284 g/mol. The first-order valence-electron chi connectivity index (χ1n) is 5.81. The summed E-state index contributed by atoms with van der Waals surface area (Å²) in [6.07, 6.45) is 0.330. The topological polar surface area (TPSA) is 83.7 Å². The van der Waals surface area contributed by atoms with Gasteiger partial charge in [-0.3, -0.25) is 14.9 Å². The molecule has 2 rings (SSSR count). The largest absolute Gasteiger partial charge is 0.392 e. The van der Waals surface area contributed by atoms with Crippen LogP contribution in [0.5, 0.6) is 0 Å². The SMILES string of the molecule is O=C1CC(CCl)CN1c1cc([N+](=O)[O-])ccc1CO. The maximum absolute atomic E-state index is 11.9. The molecule has 0 aliphatic carbocycles. The van der Waals surface area contributed by atoms with Crippen molar-refractivity contribution in [1.29, 1.82) is 0 Å². The van der Waals surface area contributed by atoms with E-state index in [1.165, 1.54) is 23.1 Å². The zero-order valence-corrected chi connectivity index (χ0v) is 10.8. The first-order valence-corrected chi connectivity index (χ1v) is 6.34. The fraction of sp³-hybridized carbons (Fsp3) is 0.417. The summed E-state index contributed by atoms with van der Waals surface area (Å²) in [7, 11) is 0. The maximum Gasteiger partial charge on any atom is 0.271 e. The second-order valence-corrected chi connectivity index (χ2v) is 4.77. The number of benzene rings is 1. The van der Waals surface area contributed by atoms with Crippen molar-refractivity contribution >= 4 is 28.9 Å². The Bertz CT molecular complexity index is 520. The van der Waals surface area contributed by atoms with Crippen LogP contribution in [0.1, 0.15) is 12.0 Å². The Morgan fingerprint density at radius 2 is 2.26 bits per heavy atom. The van der Waals surface area contributed by atoms with Crippen molar-refractivity contribution in [3.8, 4) is 0 Å². The molecule has 1 aromatic carbocycles. The third kappa shape index (κ3) is 2.69. The van der Waals surface area contributed by atoms with E-state index in [-0.39, 0.29) is 24.1 Å². The second kappa shape index (κ2) is 5.54. The minimum Gasteiger partial charge on any atom is -0.392 e. The molecule has 1 amide bonds. The van der Waals surface area contributed by atoms with Crippen molar-refractivity contribution in [3.63, 3.8) is 0 Å². The lowest BCUT2D eigenvalue weighted by Crippen LogP contribution is -2.26. The molecule has 6 nitrogen and oxygen atoms in total. The van der Waals surface area contributed by atoms with E-state index in [9.17, 15) is 20.0 Å². The van der Waals surface area contributed by atoms with Gasteiger partial charge in [0.15, 0.2) is 0 Å². The Labute approximate surface area is 114 Å². The van der Waals surface area contributed by atoms with E-state index >= 15 is 0 Å². The van der Waals surface area contributed by atoms with Gasteiger partial charge in [0.1, 0.15) is 0 Å². The number of aliphatic hydroxyl groups excluding tert-OH is 1. The predicted octanol–water partition coefficient (Wildman–Crippen LogP) is 1.68. The van der Waals surface area contributed by atoms with Crippen LogP contribution in [0.25, 0.3) is 0 Å². The standard InChI is InChI=1S/C12H13ClN2O4/c13-5-8-3-12(17)14(6-8)11-4-10(15(18)19)2-1-9(11)7-16/h1-2,4,8,16H,3,5-7H2. The van der Waals surface area contributed by atoms with Gasteiger partial charge in [0, 0.05) is 36.5 Å². The van der Waals surface area contributed by atoms with Crippen LogP contribution in [0, 0.1) is 16.0 Å². The van der Waals surface area contributed by atoms with Crippen molar-refractivity contribution in [3.05, 3.63) is 33.9 Å². The van der Waals surface area contributed by atoms with E-state index in [2.05, 4.69) is 0 Å². The number of nitro benzene ring substituents is 1. The molecule has 0 bridgehead atoms. The molecule has 19 heavy (non-hydrogen) atoms. The summed E-state index contributed by atoms with van der Waals surface area (Å²) in [5.74, 6) is 0.284. The molecule has 0 spiro atoms. The van der Waals surface area contributed by atoms with Crippen molar-refractivity contribution in [2.24, 2.45) is 5.92 Å². The molecule has 1 aliphatic rings. The first-order chi connectivity index (χ1) is 9.06. The summed E-state index contributed by atoms with van der Waals surface area (Å²) >= 11 is 5.74. The van der Waals surface area contributed by atoms with Crippen LogP contribution >= 0.6 is 11.6 Å². The molecule has 1 unspecified atom stereocenters. The third-order valence-corrected chi connectivity index (χ3v) is 3.60. The molecule has 0 radical (unpaired) electrons. The quantitative estimate of drug-likeness (QED) is 0.518. The lowest BCUT2D eigenvalue weighted by atomic mass is 10.1. The molecule has 1 saturated heterocycles. The van der Waals surface area contributed by atoms with Gasteiger partial charge in [0.2, 0.25) is 5.91 Å². The number of aliphatic hydroxyl groups is 1. The van der Waals surface area contributed by atoms with Crippen molar-refractivity contribution in [2.75, 3.05) is 17.3 Å². The summed E-state index contributed by atoms with van der Waals surface area (Å²) in [6.45, 7) is 0.152. The highest BCUT2D eigenvalue weighted by molar-refractivity contribution is 6.18. The van der Waals surface area contributed by atoms with Gasteiger partial charge in [0.05, 0.1) is 17.2 Å². The fourth-order valence-electron chi connectivity index (χ4n) is 2.17. The highest BCUT2D eigenvalue weighted by Crippen LogP contribution is 2.31. The molecule has 1 heterocycles. The van der Waals surface area contributed by atoms with Gasteiger partial charge in [-0.25, -0.2) is 0 Å². The van der Waals surface area contributed by atoms with Gasteiger partial charge in [0.25, 0.3) is 5.69 Å². The van der Waals surface area contributed by atoms with Crippen LogP contribution in [0.4, 0.5) is 11.4 Å². The Morgan fingerprint density at radius 1 is 1.53 bits per heavy atom. The maximum atomic E-state index is 11.9. The van der Waals surface area contributed by atoms with Crippen LogP contribution in [-0.4, -0.2) is 28.4 Å². The van der Waals surface area contributed by atoms with E-state index in [0.29, 0.717) is 30.1 Å². The molecule has 0 saturated carbocycles. The molecule has 1 fully saturated rings. The van der Waals surface area contributed by atoms with E-state index < -0.39 is 4.92 Å². The molecule has 1 N–H and O–H groups in total. The summed E-state index contributed by atoms with van der Waals surface area (Å²) in [4.78, 5) is 23.6. The third-order valence-electron chi connectivity index (χ3n) is 3.16. The molecule has 0 aromatic heterocycles. The summed E-state index contributed by atoms with van der Waals surface area (Å²) in [6, 6.07) is 4.10. The first kappa shape index (κ1) is 13.8. The molecular weight excluding hydrogens is 272 g/mol. The number of amides is 1. The lowest BCUT2D eigenvalue weighted by Gasteiger charge is -2.19. The highest BCUT2D eigenvalue weighted by atomic mass is 35.5. The molecule has 7 heteroatoms. The van der Waals surface area contributed by atoms with Gasteiger partial charge in [-0.05, 0) is 12.0 Å². The second-order valence-electron chi connectivity index (χ2n) is 4.46. The molecular formula is C12H13ClN2O4. The van der Waals surface area contributed by atoms with E-state index in [1.54, 1.807) is 0 Å². The van der Waals surface area contributed by atoms with Crippen LogP contribution in [0.3, 0.4) is 0 Å². The molecule has 1 aliphatic heterocycles. The summed E-state index contributed by atoms with van der Waals surface area (Å²) < 4.78 is 0. The Hall–Kier alpha value is -1.66. The Morgan fingerprint density at radius 3 is 2.79 bits per heavy atom. The summed E-state index contributed by atoms with van der Waals surface area (Å²) in [5, 5.41) is 20.1. The van der Waals surface area contributed by atoms with Crippen molar-refractivity contribution in [1.82, 2.24) is 0 Å². The van der Waals surface area contributed by atoms with Gasteiger partial charge in [-0.15, -0.1) is 11.6 Å². The Kier molecular flexibility index (Phi) is 4.01. The lowest BCUT2D eigenvalue weighted by molar-refractivity contribution is -0.384. The number of nitrogens with zero attached hydrogens (tertiary/aromatic N) is 2. The Balaban J connectivity index is 2.39. The number of rotatable bonds is 4. The van der Waals surface area contributed by atoms with Crippen LogP contribution in [0.15, 0.2) is 18.2 Å². The van der Waals surface area contributed by atoms with E-state index in [4.69, 9.17) is 11.6 Å². The number of carbonyl (C=O) groups excluding carboxylic acids is 1. The highest BCUT2D eigenvalue weighted by Gasteiger charge is 2.31. The number of anilines is 1. The van der Waals surface area contributed by atoms with Gasteiger partial charge in [-0.1, -0.05) is 0 Å². The number of hydrogen-bond donors (Lipinski definition) is 1. The van der Waals surface area contributed by atoms with Gasteiger partial charge in [-0.2, -0.15) is 0 Å². The normalized spacial score (nSPS) is 18.9. The van der Waals surface area contributed by atoms with E-state index in [0.717, 1.165) is 0 Å². The predicted molar refractivity (Wildman–Crippen MR) is 70.2 cm³/mol. The minimum atomic E-state index is -0.524. The average molecular weight is 285 g/mol. The minimum absolute atomic E-state index is 0.0416. The van der Waals surface area contributed by atoms with Gasteiger partial charge >= 0.3 is 0 Å². The number of hydrogen-bond acceptors (Lipinski definition) is 4. The van der Waals surface area contributed by atoms with Gasteiger partial charge < -0.3 is 10.0 Å². The number of nitro groups is 1. The molecule has 1 atom stereocenters.